The first kappa shape index (κ1) is 69.0. The standard InChI is InChI=1S/C52H84N3O17PS2/c1-2-39(46(59)32-41(33-56)51(64)65)36-75-38-49(73)54-22-10-9-17-45(52(66)67)55-48(61)35-71-30-28-69-26-23-53-47(60)34-70-29-27-68-24-12-15-42(57)16-13-31-74-37-43(58)14-8-6-4-3-5-7-11-25-72-44-20-18-40(19-21-44)50(62)63/h18-21,39,41,45,56H,2-17,22-38,73H2,1H3,(H,53,60)(H,55,61)(H,62,63)(H,64,65)(H,66,67)/t39-,41-,45+/m0/s1. The van der Waals surface area contributed by atoms with Crippen LogP contribution in [0.1, 0.15) is 126 Å². The van der Waals surface area contributed by atoms with Crippen molar-refractivity contribution < 1.29 is 82.5 Å². The van der Waals surface area contributed by atoms with E-state index in [0.29, 0.717) is 87.7 Å². The number of ketones is 3. The minimum Gasteiger partial charge on any atom is -0.494 e. The first-order valence-corrected chi connectivity index (χ1v) is 28.9. The molecule has 0 heterocycles. The number of thioether (sulfide) groups is 2. The van der Waals surface area contributed by atoms with Crippen molar-refractivity contribution in [2.24, 2.45) is 16.8 Å². The van der Waals surface area contributed by atoms with Crippen LogP contribution in [-0.2, 0) is 52.5 Å². The second-order valence-electron chi connectivity index (χ2n) is 17.8. The second kappa shape index (κ2) is 46.1. The number of Topliss-reactive ketones (excluding diaryl/α,β-unsaturated/α-hetero) is 3. The Balaban J connectivity index is 1.93. The number of amides is 2. The van der Waals surface area contributed by atoms with Gasteiger partial charge < -0.3 is 54.7 Å². The van der Waals surface area contributed by atoms with Crippen molar-refractivity contribution in [3.63, 3.8) is 0 Å². The fourth-order valence-electron chi connectivity index (χ4n) is 7.01. The fourth-order valence-corrected chi connectivity index (χ4v) is 9.48. The van der Waals surface area contributed by atoms with Crippen LogP contribution in [0.15, 0.2) is 29.3 Å². The summed E-state index contributed by atoms with van der Waals surface area (Å²) in [5, 5.41) is 41.9. The number of ether oxygens (including phenoxy) is 5. The van der Waals surface area contributed by atoms with E-state index in [-0.39, 0.29) is 100 Å². The van der Waals surface area contributed by atoms with Gasteiger partial charge in [-0.05, 0) is 81.4 Å². The van der Waals surface area contributed by atoms with Gasteiger partial charge in [0.2, 0.25) is 11.8 Å². The number of nitrogens with one attached hydrogen (secondary N) is 2. The van der Waals surface area contributed by atoms with Crippen LogP contribution in [0.4, 0.5) is 0 Å². The normalized spacial score (nSPS) is 12.7. The zero-order chi connectivity index (χ0) is 55.3. The van der Waals surface area contributed by atoms with Crippen molar-refractivity contribution in [3.05, 3.63) is 29.8 Å². The summed E-state index contributed by atoms with van der Waals surface area (Å²) < 4.78 is 27.2. The van der Waals surface area contributed by atoms with Crippen molar-refractivity contribution >= 4 is 85.3 Å². The lowest BCUT2D eigenvalue weighted by atomic mass is 9.94. The molecule has 0 spiro atoms. The highest BCUT2D eigenvalue weighted by Gasteiger charge is 2.25. The van der Waals surface area contributed by atoms with E-state index in [1.165, 1.54) is 23.9 Å². The summed E-state index contributed by atoms with van der Waals surface area (Å²) in [7, 11) is 2.55. The van der Waals surface area contributed by atoms with Gasteiger partial charge >= 0.3 is 17.9 Å². The van der Waals surface area contributed by atoms with E-state index < -0.39 is 42.4 Å². The zero-order valence-electron chi connectivity index (χ0n) is 43.8. The Hall–Kier alpha value is -4.02. The molecule has 6 N–H and O–H groups in total. The van der Waals surface area contributed by atoms with Crippen molar-refractivity contribution in [2.75, 3.05) is 102 Å². The number of carbonyl (C=O) groups is 8. The lowest BCUT2D eigenvalue weighted by Gasteiger charge is -2.16. The van der Waals surface area contributed by atoms with Crippen LogP contribution in [0.2, 0.25) is 0 Å². The molecular formula is C52H84N3O17PS2. The number of rotatable bonds is 52. The second-order valence-corrected chi connectivity index (χ2v) is 20.6. The highest BCUT2D eigenvalue weighted by Crippen LogP contribution is 2.20. The Kier molecular flexibility index (Phi) is 42.4. The molecule has 1 rings (SSSR count). The number of carboxylic acid groups (broad SMARTS) is 3. The molecule has 1 unspecified atom stereocenters. The van der Waals surface area contributed by atoms with E-state index in [2.05, 4.69) is 24.9 Å². The van der Waals surface area contributed by atoms with Crippen LogP contribution in [-0.4, -0.2) is 181 Å². The maximum Gasteiger partial charge on any atom is 0.335 e. The molecule has 0 aliphatic rings. The number of unbranched alkanes of at least 4 members (excludes halogenated alkanes) is 7. The topological polar surface area (TPSA) is 300 Å². The molecule has 0 saturated carbocycles. The Morgan fingerprint density at radius 2 is 1.27 bits per heavy atom. The summed E-state index contributed by atoms with van der Waals surface area (Å²) in [6.45, 7) is 3.42. The van der Waals surface area contributed by atoms with Crippen LogP contribution < -0.4 is 15.4 Å². The van der Waals surface area contributed by atoms with Crippen LogP contribution in [0.25, 0.3) is 0 Å². The summed E-state index contributed by atoms with van der Waals surface area (Å²) in [6.07, 6.45) is 11.8. The fraction of sp³-hybridized carbons (Fsp3) is 0.712. The van der Waals surface area contributed by atoms with E-state index >= 15 is 0 Å². The third-order valence-corrected chi connectivity index (χ3v) is 14.3. The van der Waals surface area contributed by atoms with Crippen LogP contribution in [0.3, 0.4) is 0 Å². The van der Waals surface area contributed by atoms with Crippen LogP contribution >= 0.6 is 32.8 Å². The van der Waals surface area contributed by atoms with Gasteiger partial charge in [-0.3, -0.25) is 33.8 Å². The van der Waals surface area contributed by atoms with Gasteiger partial charge in [0, 0.05) is 68.3 Å². The Morgan fingerprint density at radius 1 is 0.640 bits per heavy atom. The van der Waals surface area contributed by atoms with E-state index in [1.54, 1.807) is 23.9 Å². The molecule has 23 heteroatoms. The van der Waals surface area contributed by atoms with Gasteiger partial charge in [-0.15, -0.1) is 0 Å². The summed E-state index contributed by atoms with van der Waals surface area (Å²) in [4.78, 5) is 99.4. The van der Waals surface area contributed by atoms with Gasteiger partial charge in [0.05, 0.1) is 63.5 Å². The van der Waals surface area contributed by atoms with Crippen LogP contribution in [0.5, 0.6) is 5.75 Å². The number of hydrogen-bond acceptors (Lipinski definition) is 17. The van der Waals surface area contributed by atoms with Crippen molar-refractivity contribution in [2.45, 2.75) is 122 Å². The maximum atomic E-state index is 12.5. The highest BCUT2D eigenvalue weighted by molar-refractivity contribution is 8.00. The van der Waals surface area contributed by atoms with Crippen molar-refractivity contribution in [1.29, 1.82) is 0 Å². The Bertz CT molecular complexity index is 1830. The molecule has 75 heavy (non-hydrogen) atoms. The molecule has 0 aromatic heterocycles. The molecule has 0 saturated heterocycles. The largest absolute Gasteiger partial charge is 0.494 e. The minimum atomic E-state index is -1.20. The third-order valence-electron chi connectivity index (χ3n) is 11.4. The molecule has 0 fully saturated rings. The minimum absolute atomic E-state index is 0.0830. The quantitative estimate of drug-likeness (QED) is 0.0250. The summed E-state index contributed by atoms with van der Waals surface area (Å²) in [5.74, 6) is -2.40. The van der Waals surface area contributed by atoms with Gasteiger partial charge in [-0.2, -0.15) is 23.5 Å². The van der Waals surface area contributed by atoms with Gasteiger partial charge in [-0.1, -0.05) is 48.3 Å². The third kappa shape index (κ3) is 39.1. The van der Waals surface area contributed by atoms with Crippen molar-refractivity contribution in [3.8, 4) is 5.75 Å². The maximum absolute atomic E-state index is 12.5. The molecule has 0 aliphatic heterocycles. The predicted octanol–water partition coefficient (Wildman–Crippen LogP) is 5.92. The predicted molar refractivity (Wildman–Crippen MR) is 292 cm³/mol. The Labute approximate surface area is 453 Å². The van der Waals surface area contributed by atoms with Gasteiger partial charge in [0.15, 0.2) is 0 Å². The lowest BCUT2D eigenvalue weighted by molar-refractivity contribution is -0.145. The number of aliphatic carboxylic acids is 2. The summed E-state index contributed by atoms with van der Waals surface area (Å²) >= 11 is 3.09. The number of aliphatic imine (C=N–C) groups is 1. The molecule has 0 radical (unpaired) electrons. The number of benzene rings is 1. The molecule has 426 valence electrons. The number of carboxylic acids is 3. The van der Waals surface area contributed by atoms with Crippen LogP contribution in [0, 0.1) is 11.8 Å². The number of aromatic carboxylic acids is 1. The Morgan fingerprint density at radius 3 is 1.92 bits per heavy atom. The van der Waals surface area contributed by atoms with Gasteiger partial charge in [0.25, 0.3) is 0 Å². The molecule has 4 atom stereocenters. The van der Waals surface area contributed by atoms with Gasteiger partial charge in [0.1, 0.15) is 42.4 Å². The monoisotopic (exact) mass is 1120 g/mol. The van der Waals surface area contributed by atoms with Crippen molar-refractivity contribution in [1.82, 2.24) is 10.6 Å². The number of hydrogen-bond donors (Lipinski definition) is 6. The first-order valence-electron chi connectivity index (χ1n) is 26.1. The highest BCUT2D eigenvalue weighted by atomic mass is 32.2. The average Bonchev–Trinajstić information content (AvgIpc) is 3.38. The molecule has 2 amide bonds. The number of aliphatic hydroxyl groups excluding tert-OH is 1. The zero-order valence-corrected chi connectivity index (χ0v) is 46.6. The van der Waals surface area contributed by atoms with E-state index in [9.17, 15) is 48.6 Å². The summed E-state index contributed by atoms with van der Waals surface area (Å²) in [6, 6.07) is 5.33. The average molecular weight is 1120 g/mol. The number of carbonyl (C=O) groups excluding carboxylic acids is 5. The first-order chi connectivity index (χ1) is 36.2. The number of nitrogens with zero attached hydrogens (tertiary/aromatic N) is 1. The van der Waals surface area contributed by atoms with E-state index in [0.717, 1.165) is 62.6 Å². The molecule has 20 nitrogen and oxygen atoms in total. The SMILES string of the molecule is CC[C@@H](CSCC(P)=NCCCC[C@@H](NC(=O)COCCOCCNC(=O)COCCOCCCC(=O)CCCSCC(=O)CCCCCCCCCOc1ccc(C(=O)O)cc1)C(=O)O)C(=O)C[C@@H](CO)C(=O)O. The molecule has 0 bridgehead atoms. The van der Waals surface area contributed by atoms with E-state index in [1.807, 2.05) is 6.92 Å². The van der Waals surface area contributed by atoms with E-state index in [4.69, 9.17) is 33.9 Å². The summed E-state index contributed by atoms with van der Waals surface area (Å²) in [5.41, 5.74) is 1.02. The molecule has 1 aromatic rings. The molecule has 0 aliphatic carbocycles. The molecule has 1 aromatic carbocycles. The molecular weight excluding hydrogens is 1030 g/mol. The van der Waals surface area contributed by atoms with Gasteiger partial charge in [-0.25, -0.2) is 9.59 Å². The smallest absolute Gasteiger partial charge is 0.335 e. The number of aliphatic hydroxyl groups is 1. The lowest BCUT2D eigenvalue weighted by Crippen LogP contribution is -2.42.